The largest absolute Gasteiger partial charge is 0.483 e. The maximum atomic E-state index is 14.0. The molecule has 5 nitrogen and oxygen atoms in total. The van der Waals surface area contributed by atoms with Crippen LogP contribution < -0.4 is 9.64 Å². The number of rotatable bonds is 3. The van der Waals surface area contributed by atoms with E-state index in [0.29, 0.717) is 11.0 Å². The second kappa shape index (κ2) is 6.45. The number of ether oxygens (including phenoxy) is 1. The van der Waals surface area contributed by atoms with Gasteiger partial charge in [0, 0.05) is 11.8 Å². The van der Waals surface area contributed by atoms with Crippen LogP contribution in [0.4, 0.5) is 27.6 Å². The smallest absolute Gasteiger partial charge is 0.423 e. The third-order valence-electron chi connectivity index (χ3n) is 3.95. The van der Waals surface area contributed by atoms with E-state index >= 15 is 0 Å². The predicted octanol–water partition coefficient (Wildman–Crippen LogP) is 3.67. The molecule has 1 unspecified atom stereocenters. The molecule has 10 heteroatoms. The minimum absolute atomic E-state index is 0.0239. The van der Waals surface area contributed by atoms with E-state index in [0.717, 1.165) is 12.3 Å². The first kappa shape index (κ1) is 19.0. The lowest BCUT2D eigenvalue weighted by atomic mass is 10.1. The van der Waals surface area contributed by atoms with Gasteiger partial charge in [-0.1, -0.05) is 18.2 Å². The fraction of sp³-hybridized carbons (Fsp3) is 0.294. The van der Waals surface area contributed by atoms with Gasteiger partial charge in [0.25, 0.3) is 0 Å². The SMILES string of the molecule is CC(O)c1cccc2c1OC(F)(F)C(=O)N2Cc1ccc(C(F)(F)F)nc1. The Morgan fingerprint density at radius 1 is 1.26 bits per heavy atom. The fourth-order valence-electron chi connectivity index (χ4n) is 2.66. The van der Waals surface area contributed by atoms with Crippen LogP contribution in [0.2, 0.25) is 0 Å². The van der Waals surface area contributed by atoms with Crippen molar-refractivity contribution in [2.24, 2.45) is 0 Å². The standard InChI is InChI=1S/C17H13F5N2O3/c1-9(25)11-3-2-4-12-14(11)27-17(21,22)15(26)24(12)8-10-5-6-13(23-7-10)16(18,19)20/h2-7,9,25H,8H2,1H3. The predicted molar refractivity (Wildman–Crippen MR) is 83.1 cm³/mol. The van der Waals surface area contributed by atoms with E-state index in [-0.39, 0.29) is 22.6 Å². The number of amides is 1. The molecular weight excluding hydrogens is 375 g/mol. The number of anilines is 1. The molecule has 144 valence electrons. The second-order valence-electron chi connectivity index (χ2n) is 5.93. The molecular formula is C17H13F5N2O3. The first-order chi connectivity index (χ1) is 12.5. The normalized spacial score (nSPS) is 17.3. The molecule has 3 rings (SSSR count). The molecule has 1 aromatic carbocycles. The molecule has 0 bridgehead atoms. The van der Waals surface area contributed by atoms with E-state index < -0.39 is 36.5 Å². The van der Waals surface area contributed by atoms with Crippen molar-refractivity contribution in [2.45, 2.75) is 31.9 Å². The summed E-state index contributed by atoms with van der Waals surface area (Å²) in [6.45, 7) is 0.900. The van der Waals surface area contributed by atoms with Crippen molar-refractivity contribution in [1.82, 2.24) is 4.98 Å². The summed E-state index contributed by atoms with van der Waals surface area (Å²) < 4.78 is 70.4. The number of alkyl halides is 5. The first-order valence-corrected chi connectivity index (χ1v) is 7.72. The van der Waals surface area contributed by atoms with Crippen molar-refractivity contribution in [3.05, 3.63) is 53.3 Å². The molecule has 2 heterocycles. The van der Waals surface area contributed by atoms with Crippen LogP contribution in [0.3, 0.4) is 0 Å². The van der Waals surface area contributed by atoms with Crippen molar-refractivity contribution in [1.29, 1.82) is 0 Å². The number of hydrogen-bond donors (Lipinski definition) is 1. The zero-order chi connectivity index (χ0) is 20.0. The van der Waals surface area contributed by atoms with Crippen LogP contribution in [0.15, 0.2) is 36.5 Å². The van der Waals surface area contributed by atoms with E-state index in [2.05, 4.69) is 9.72 Å². The number of pyridine rings is 1. The summed E-state index contributed by atoms with van der Waals surface area (Å²) in [5, 5.41) is 9.75. The van der Waals surface area contributed by atoms with Crippen molar-refractivity contribution in [2.75, 3.05) is 4.90 Å². The molecule has 1 aromatic heterocycles. The lowest BCUT2D eigenvalue weighted by Gasteiger charge is -2.35. The van der Waals surface area contributed by atoms with E-state index in [1.54, 1.807) is 0 Å². The van der Waals surface area contributed by atoms with Gasteiger partial charge in [0.05, 0.1) is 18.3 Å². The summed E-state index contributed by atoms with van der Waals surface area (Å²) >= 11 is 0. The minimum Gasteiger partial charge on any atom is -0.423 e. The van der Waals surface area contributed by atoms with Crippen molar-refractivity contribution in [3.63, 3.8) is 0 Å². The number of fused-ring (bicyclic) bond motifs is 1. The minimum atomic E-state index is -4.64. The quantitative estimate of drug-likeness (QED) is 0.815. The number of aliphatic hydroxyl groups excluding tert-OH is 1. The Balaban J connectivity index is 2.00. The van der Waals surface area contributed by atoms with Gasteiger partial charge in [-0.2, -0.15) is 22.0 Å². The van der Waals surface area contributed by atoms with Crippen molar-refractivity contribution in [3.8, 4) is 5.75 Å². The van der Waals surface area contributed by atoms with Crippen LogP contribution in [0.25, 0.3) is 0 Å². The molecule has 1 aliphatic rings. The van der Waals surface area contributed by atoms with Crippen LogP contribution in [0.1, 0.15) is 29.8 Å². The summed E-state index contributed by atoms with van der Waals surface area (Å²) in [4.78, 5) is 16.1. The highest BCUT2D eigenvalue weighted by Gasteiger charge is 2.51. The molecule has 0 radical (unpaired) electrons. The maximum absolute atomic E-state index is 14.0. The molecule has 2 aromatic rings. The highest BCUT2D eigenvalue weighted by atomic mass is 19.4. The van der Waals surface area contributed by atoms with Crippen LogP contribution in [-0.4, -0.2) is 22.1 Å². The lowest BCUT2D eigenvalue weighted by molar-refractivity contribution is -0.193. The highest BCUT2D eigenvalue weighted by molar-refractivity contribution is 6.01. The van der Waals surface area contributed by atoms with E-state index in [1.165, 1.54) is 25.1 Å². The van der Waals surface area contributed by atoms with Crippen LogP contribution >= 0.6 is 0 Å². The molecule has 27 heavy (non-hydrogen) atoms. The van der Waals surface area contributed by atoms with Gasteiger partial charge in [-0.25, -0.2) is 0 Å². The topological polar surface area (TPSA) is 62.7 Å². The Morgan fingerprint density at radius 2 is 1.96 bits per heavy atom. The van der Waals surface area contributed by atoms with Crippen molar-refractivity contribution >= 4 is 11.6 Å². The van der Waals surface area contributed by atoms with Gasteiger partial charge in [0.2, 0.25) is 0 Å². The summed E-state index contributed by atoms with van der Waals surface area (Å²) in [5.74, 6) is -2.03. The van der Waals surface area contributed by atoms with Gasteiger partial charge in [0.1, 0.15) is 5.69 Å². The number of aromatic nitrogens is 1. The summed E-state index contributed by atoms with van der Waals surface area (Å²) in [6.07, 6.45) is -9.10. The van der Waals surface area contributed by atoms with Crippen molar-refractivity contribution < 1.29 is 36.6 Å². The monoisotopic (exact) mass is 388 g/mol. The second-order valence-corrected chi connectivity index (χ2v) is 5.93. The Labute approximate surface area is 150 Å². The molecule has 1 N–H and O–H groups in total. The van der Waals surface area contributed by atoms with Gasteiger partial charge in [-0.3, -0.25) is 14.7 Å². The Morgan fingerprint density at radius 3 is 2.52 bits per heavy atom. The van der Waals surface area contributed by atoms with Gasteiger partial charge in [-0.05, 0) is 24.6 Å². The summed E-state index contributed by atoms with van der Waals surface area (Å²) in [7, 11) is 0. The molecule has 1 aliphatic heterocycles. The Bertz CT molecular complexity index is 866. The van der Waals surface area contributed by atoms with Crippen LogP contribution in [0, 0.1) is 0 Å². The molecule has 0 fully saturated rings. The van der Waals surface area contributed by atoms with E-state index in [1.807, 2.05) is 0 Å². The third-order valence-corrected chi connectivity index (χ3v) is 3.95. The highest BCUT2D eigenvalue weighted by Crippen LogP contribution is 2.44. The average Bonchev–Trinajstić information content (AvgIpc) is 2.57. The molecule has 1 atom stereocenters. The number of carbonyl (C=O) groups excluding carboxylic acids is 1. The molecule has 0 saturated carbocycles. The molecule has 0 aliphatic carbocycles. The first-order valence-electron chi connectivity index (χ1n) is 7.72. The molecule has 0 saturated heterocycles. The van der Waals surface area contributed by atoms with Gasteiger partial charge >= 0.3 is 18.2 Å². The maximum Gasteiger partial charge on any atom is 0.483 e. The van der Waals surface area contributed by atoms with E-state index in [4.69, 9.17) is 0 Å². The number of nitrogens with zero attached hydrogens (tertiary/aromatic N) is 2. The fourth-order valence-corrected chi connectivity index (χ4v) is 2.66. The Hall–Kier alpha value is -2.75. The number of halogens is 5. The number of para-hydroxylation sites is 1. The molecule has 0 spiro atoms. The molecule has 1 amide bonds. The average molecular weight is 388 g/mol. The van der Waals surface area contributed by atoms with Crippen LogP contribution in [-0.2, 0) is 17.5 Å². The summed E-state index contributed by atoms with van der Waals surface area (Å²) in [6, 6.07) is 5.90. The number of carbonyl (C=O) groups is 1. The third kappa shape index (κ3) is 3.57. The van der Waals surface area contributed by atoms with E-state index in [9.17, 15) is 31.9 Å². The summed E-state index contributed by atoms with van der Waals surface area (Å²) in [5.41, 5.74) is -0.997. The van der Waals surface area contributed by atoms with Gasteiger partial charge in [-0.15, -0.1) is 0 Å². The number of hydrogen-bond acceptors (Lipinski definition) is 4. The number of benzene rings is 1. The van der Waals surface area contributed by atoms with Gasteiger partial charge < -0.3 is 9.84 Å². The zero-order valence-corrected chi connectivity index (χ0v) is 13.8. The Kier molecular flexibility index (Phi) is 4.54. The lowest BCUT2D eigenvalue weighted by Crippen LogP contribution is -2.50. The number of aliphatic hydroxyl groups is 1. The van der Waals surface area contributed by atoms with Gasteiger partial charge in [0.15, 0.2) is 5.75 Å². The van der Waals surface area contributed by atoms with Crippen LogP contribution in [0.5, 0.6) is 5.75 Å². The zero-order valence-electron chi connectivity index (χ0n) is 13.8.